The van der Waals surface area contributed by atoms with Gasteiger partial charge in [-0.2, -0.15) is 26.3 Å². The molecule has 0 saturated heterocycles. The monoisotopic (exact) mass is 434 g/mol. The maximum atomic E-state index is 13.0. The molecule has 162 valence electrons. The minimum atomic E-state index is -4.99. The van der Waals surface area contributed by atoms with Gasteiger partial charge in [-0.05, 0) is 48.9 Å². The summed E-state index contributed by atoms with van der Waals surface area (Å²) in [4.78, 5) is 11.4. The summed E-state index contributed by atoms with van der Waals surface area (Å²) in [5.41, 5.74) is -2.53. The minimum absolute atomic E-state index is 0.00731. The number of halogens is 6. The van der Waals surface area contributed by atoms with Crippen molar-refractivity contribution in [3.63, 3.8) is 0 Å². The van der Waals surface area contributed by atoms with Gasteiger partial charge < -0.3 is 14.2 Å². The lowest BCUT2D eigenvalue weighted by Crippen LogP contribution is -2.11. The van der Waals surface area contributed by atoms with E-state index in [0.29, 0.717) is 17.7 Å². The van der Waals surface area contributed by atoms with Crippen LogP contribution in [-0.4, -0.2) is 19.7 Å². The Bertz CT molecular complexity index is 900. The van der Waals surface area contributed by atoms with Gasteiger partial charge in [0, 0.05) is 6.08 Å². The first-order valence-electron chi connectivity index (χ1n) is 8.44. The molecule has 0 amide bonds. The summed E-state index contributed by atoms with van der Waals surface area (Å²) in [7, 11) is 1.24. The molecule has 30 heavy (non-hydrogen) atoms. The molecule has 0 aliphatic rings. The fourth-order valence-electron chi connectivity index (χ4n) is 2.34. The van der Waals surface area contributed by atoms with E-state index in [1.54, 1.807) is 6.92 Å². The summed E-state index contributed by atoms with van der Waals surface area (Å²) in [6.45, 7) is 1.83. The lowest BCUT2D eigenvalue weighted by molar-refractivity contribution is -0.143. The van der Waals surface area contributed by atoms with Gasteiger partial charge in [-0.3, -0.25) is 0 Å². The lowest BCUT2D eigenvalue weighted by Gasteiger charge is -2.16. The Morgan fingerprint density at radius 1 is 0.933 bits per heavy atom. The molecule has 2 aromatic rings. The number of benzene rings is 2. The van der Waals surface area contributed by atoms with E-state index < -0.39 is 35.2 Å². The highest BCUT2D eigenvalue weighted by molar-refractivity contribution is 5.87. The molecule has 0 radical (unpaired) electrons. The van der Waals surface area contributed by atoms with Crippen LogP contribution < -0.4 is 9.47 Å². The molecule has 0 bridgehead atoms. The highest BCUT2D eigenvalue weighted by Crippen LogP contribution is 2.40. The van der Waals surface area contributed by atoms with Crippen molar-refractivity contribution in [2.45, 2.75) is 19.3 Å². The second kappa shape index (κ2) is 9.10. The first kappa shape index (κ1) is 23.1. The standard InChI is InChI=1S/C20H16F6O4/c1-3-29-18(27)7-5-12-4-6-16(17(8-12)28-2)30-15-10-13(19(21,22)23)9-14(11-15)20(24,25)26/h4-11H,3H2,1-2H3/b7-5+. The molecule has 0 fully saturated rings. The van der Waals surface area contributed by atoms with Crippen LogP contribution in [0.1, 0.15) is 23.6 Å². The van der Waals surface area contributed by atoms with E-state index in [1.165, 1.54) is 31.4 Å². The molecule has 0 aliphatic carbocycles. The second-order valence-corrected chi connectivity index (χ2v) is 5.84. The van der Waals surface area contributed by atoms with Gasteiger partial charge in [0.2, 0.25) is 0 Å². The third kappa shape index (κ3) is 6.16. The number of alkyl halides is 6. The number of carbonyl (C=O) groups excluding carboxylic acids is 1. The summed E-state index contributed by atoms with van der Waals surface area (Å²) in [6.07, 6.45) is -7.44. The molecule has 0 atom stereocenters. The number of methoxy groups -OCH3 is 1. The minimum Gasteiger partial charge on any atom is -0.493 e. The molecule has 0 unspecified atom stereocenters. The van der Waals surface area contributed by atoms with Crippen LogP contribution in [0.15, 0.2) is 42.5 Å². The number of hydrogen-bond acceptors (Lipinski definition) is 4. The van der Waals surface area contributed by atoms with Crippen molar-refractivity contribution in [3.05, 3.63) is 59.2 Å². The van der Waals surface area contributed by atoms with E-state index in [9.17, 15) is 31.1 Å². The summed E-state index contributed by atoms with van der Waals surface area (Å²) in [6, 6.07) is 5.05. The Kier molecular flexibility index (Phi) is 7.01. The van der Waals surface area contributed by atoms with E-state index in [0.717, 1.165) is 6.08 Å². The number of ether oxygens (including phenoxy) is 3. The SMILES string of the molecule is CCOC(=O)/C=C/c1ccc(Oc2cc(C(F)(F)F)cc(C(F)(F)F)c2)c(OC)c1. The number of rotatable bonds is 6. The van der Waals surface area contributed by atoms with Crippen molar-refractivity contribution in [3.8, 4) is 17.2 Å². The Hall–Kier alpha value is -3.17. The van der Waals surface area contributed by atoms with Gasteiger partial charge in [0.05, 0.1) is 24.8 Å². The van der Waals surface area contributed by atoms with Crippen molar-refractivity contribution >= 4 is 12.0 Å². The lowest BCUT2D eigenvalue weighted by atomic mass is 10.1. The summed E-state index contributed by atoms with van der Waals surface area (Å²) < 4.78 is 93.0. The number of carbonyl (C=O) groups is 1. The molecule has 2 aromatic carbocycles. The maximum absolute atomic E-state index is 13.0. The third-order valence-electron chi connectivity index (χ3n) is 3.68. The van der Waals surface area contributed by atoms with Gasteiger partial charge in [0.25, 0.3) is 0 Å². The largest absolute Gasteiger partial charge is 0.493 e. The number of hydrogen-bond donors (Lipinski definition) is 0. The normalized spacial score (nSPS) is 12.1. The van der Waals surface area contributed by atoms with Crippen molar-refractivity contribution in [2.75, 3.05) is 13.7 Å². The van der Waals surface area contributed by atoms with Gasteiger partial charge in [-0.1, -0.05) is 6.07 Å². The van der Waals surface area contributed by atoms with Crippen LogP contribution in [-0.2, 0) is 21.9 Å². The van der Waals surface area contributed by atoms with E-state index in [2.05, 4.69) is 0 Å². The quantitative estimate of drug-likeness (QED) is 0.313. The zero-order valence-corrected chi connectivity index (χ0v) is 15.7. The highest BCUT2D eigenvalue weighted by atomic mass is 19.4. The average molecular weight is 434 g/mol. The zero-order valence-electron chi connectivity index (χ0n) is 15.7. The summed E-state index contributed by atoms with van der Waals surface area (Å²) >= 11 is 0. The van der Waals surface area contributed by atoms with Crippen LogP contribution in [0.25, 0.3) is 6.08 Å². The summed E-state index contributed by atoms with van der Waals surface area (Å²) in [5.74, 6) is -1.32. The molecule has 4 nitrogen and oxygen atoms in total. The summed E-state index contributed by atoms with van der Waals surface area (Å²) in [5, 5.41) is 0. The van der Waals surface area contributed by atoms with Crippen LogP contribution in [0.2, 0.25) is 0 Å². The van der Waals surface area contributed by atoms with Gasteiger partial charge >= 0.3 is 18.3 Å². The molecule has 2 rings (SSSR count). The van der Waals surface area contributed by atoms with E-state index in [-0.39, 0.29) is 24.2 Å². The van der Waals surface area contributed by atoms with Crippen LogP contribution >= 0.6 is 0 Å². The fourth-order valence-corrected chi connectivity index (χ4v) is 2.34. The Morgan fingerprint density at radius 3 is 2.03 bits per heavy atom. The predicted molar refractivity (Wildman–Crippen MR) is 95.2 cm³/mol. The molecule has 0 heterocycles. The van der Waals surface area contributed by atoms with Crippen molar-refractivity contribution < 1.29 is 45.3 Å². The molecule has 0 aromatic heterocycles. The molecular formula is C20H16F6O4. The van der Waals surface area contributed by atoms with E-state index in [4.69, 9.17) is 14.2 Å². The number of esters is 1. The van der Waals surface area contributed by atoms with Gasteiger partial charge in [-0.25, -0.2) is 4.79 Å². The highest BCUT2D eigenvalue weighted by Gasteiger charge is 2.37. The van der Waals surface area contributed by atoms with Gasteiger partial charge in [0.1, 0.15) is 5.75 Å². The van der Waals surface area contributed by atoms with Crippen LogP contribution in [0.3, 0.4) is 0 Å². The molecule has 10 heteroatoms. The van der Waals surface area contributed by atoms with Crippen LogP contribution in [0.4, 0.5) is 26.3 Å². The maximum Gasteiger partial charge on any atom is 0.416 e. The Labute approximate surface area is 167 Å². The molecular weight excluding hydrogens is 418 g/mol. The molecule has 0 N–H and O–H groups in total. The smallest absolute Gasteiger partial charge is 0.416 e. The zero-order chi connectivity index (χ0) is 22.5. The van der Waals surface area contributed by atoms with Gasteiger partial charge in [-0.15, -0.1) is 0 Å². The van der Waals surface area contributed by atoms with Crippen LogP contribution in [0.5, 0.6) is 17.2 Å². The molecule has 0 aliphatic heterocycles. The first-order chi connectivity index (χ1) is 13.9. The van der Waals surface area contributed by atoms with E-state index >= 15 is 0 Å². The van der Waals surface area contributed by atoms with Crippen LogP contribution in [0, 0.1) is 0 Å². The van der Waals surface area contributed by atoms with Gasteiger partial charge in [0.15, 0.2) is 11.5 Å². The topological polar surface area (TPSA) is 44.8 Å². The Balaban J connectivity index is 2.38. The first-order valence-corrected chi connectivity index (χ1v) is 8.44. The predicted octanol–water partition coefficient (Wildman–Crippen LogP) is 6.10. The van der Waals surface area contributed by atoms with E-state index in [1.807, 2.05) is 0 Å². The van der Waals surface area contributed by atoms with Crippen molar-refractivity contribution in [2.24, 2.45) is 0 Å². The second-order valence-electron chi connectivity index (χ2n) is 5.84. The average Bonchev–Trinajstić information content (AvgIpc) is 2.65. The Morgan fingerprint density at radius 2 is 1.53 bits per heavy atom. The molecule has 0 saturated carbocycles. The molecule has 0 spiro atoms. The van der Waals surface area contributed by atoms with Crippen molar-refractivity contribution in [1.29, 1.82) is 0 Å². The van der Waals surface area contributed by atoms with Crippen molar-refractivity contribution in [1.82, 2.24) is 0 Å². The fraction of sp³-hybridized carbons (Fsp3) is 0.250. The third-order valence-corrected chi connectivity index (χ3v) is 3.68.